The molecule has 0 spiro atoms. The van der Waals surface area contributed by atoms with Crippen LogP contribution in [-0.4, -0.2) is 33.0 Å². The van der Waals surface area contributed by atoms with Crippen LogP contribution in [-0.2, 0) is 4.79 Å². The summed E-state index contributed by atoms with van der Waals surface area (Å²) in [5.41, 5.74) is 3.57. The Morgan fingerprint density at radius 3 is 2.33 bits per heavy atom. The molecule has 2 N–H and O–H groups in total. The molecule has 1 aromatic carbocycles. The van der Waals surface area contributed by atoms with Crippen LogP contribution >= 0.6 is 34.8 Å². The second kappa shape index (κ2) is 11.2. The number of hydrogen-bond acceptors (Lipinski definition) is 5. The quantitative estimate of drug-likeness (QED) is 0.262. The number of benzene rings is 1. The minimum atomic E-state index is -1.86. The van der Waals surface area contributed by atoms with Crippen molar-refractivity contribution in [3.8, 4) is 5.75 Å². The van der Waals surface area contributed by atoms with Crippen LogP contribution in [0.25, 0.3) is 0 Å². The van der Waals surface area contributed by atoms with Crippen molar-refractivity contribution in [3.05, 3.63) is 59.9 Å². The van der Waals surface area contributed by atoms with Crippen molar-refractivity contribution in [1.29, 1.82) is 0 Å². The molecule has 2 rings (SSSR count). The molecule has 0 aliphatic rings. The molecule has 160 valence electrons. The maximum atomic E-state index is 12.0. The molecule has 30 heavy (non-hydrogen) atoms. The zero-order valence-corrected chi connectivity index (χ0v) is 18.6. The summed E-state index contributed by atoms with van der Waals surface area (Å²) in [5.74, 6) is -0.0981. The van der Waals surface area contributed by atoms with Gasteiger partial charge in [-0.05, 0) is 47.9 Å². The lowest BCUT2D eigenvalue weighted by molar-refractivity contribution is -0.124. The van der Waals surface area contributed by atoms with Gasteiger partial charge in [0.2, 0.25) is 15.9 Å². The summed E-state index contributed by atoms with van der Waals surface area (Å²) < 4.78 is 3.78. The molecule has 0 unspecified atom stereocenters. The number of nitrogens with zero attached hydrogens (tertiary/aromatic N) is 2. The fourth-order valence-corrected chi connectivity index (χ4v) is 2.55. The highest BCUT2D eigenvalue weighted by Gasteiger charge is 2.36. The first-order chi connectivity index (χ1) is 14.1. The molecule has 0 fully saturated rings. The number of hydrogen-bond donors (Lipinski definition) is 2. The summed E-state index contributed by atoms with van der Waals surface area (Å²) in [5, 5.41) is 6.49. The summed E-state index contributed by atoms with van der Waals surface area (Å²) in [4.78, 5) is 27.8. The van der Waals surface area contributed by atoms with Gasteiger partial charge >= 0.3 is 0 Å². The van der Waals surface area contributed by atoms with E-state index in [4.69, 9.17) is 39.5 Å². The number of hydrazone groups is 1. The van der Waals surface area contributed by atoms with Crippen LogP contribution in [0.3, 0.4) is 0 Å². The third kappa shape index (κ3) is 8.18. The first-order valence-corrected chi connectivity index (χ1v) is 10.1. The molecule has 10 heteroatoms. The lowest BCUT2D eigenvalue weighted by Crippen LogP contribution is -2.48. The zero-order valence-electron chi connectivity index (χ0n) is 16.3. The SMILES string of the molecule is CC(C)CC(=O)N[C@@H](Oc1ccc(/C=N\NC(=O)c2ccncc2)cc1)C(Cl)(Cl)Cl. The van der Waals surface area contributed by atoms with Crippen LogP contribution in [0.1, 0.15) is 36.2 Å². The summed E-state index contributed by atoms with van der Waals surface area (Å²) in [6, 6.07) is 9.82. The molecule has 0 bridgehead atoms. The first-order valence-electron chi connectivity index (χ1n) is 9.01. The van der Waals surface area contributed by atoms with E-state index in [2.05, 4.69) is 20.8 Å². The highest BCUT2D eigenvalue weighted by Crippen LogP contribution is 2.32. The molecule has 1 heterocycles. The van der Waals surface area contributed by atoms with Crippen molar-refractivity contribution in [3.63, 3.8) is 0 Å². The Bertz CT molecular complexity index is 869. The predicted molar refractivity (Wildman–Crippen MR) is 118 cm³/mol. The molecular formula is C20H21Cl3N4O3. The molecule has 7 nitrogen and oxygen atoms in total. The maximum Gasteiger partial charge on any atom is 0.271 e. The molecule has 0 radical (unpaired) electrons. The lowest BCUT2D eigenvalue weighted by atomic mass is 10.1. The van der Waals surface area contributed by atoms with Gasteiger partial charge in [0.25, 0.3) is 5.91 Å². The first kappa shape index (κ1) is 23.9. The molecule has 0 aliphatic heterocycles. The second-order valence-electron chi connectivity index (χ2n) is 6.71. The van der Waals surface area contributed by atoms with Crippen molar-refractivity contribution in [2.45, 2.75) is 30.3 Å². The third-order valence-corrected chi connectivity index (χ3v) is 4.23. The maximum absolute atomic E-state index is 12.0. The van der Waals surface area contributed by atoms with Crippen LogP contribution in [0, 0.1) is 5.92 Å². The van der Waals surface area contributed by atoms with E-state index in [0.717, 1.165) is 0 Å². The molecule has 2 amide bonds. The van der Waals surface area contributed by atoms with Crippen LogP contribution < -0.4 is 15.5 Å². The zero-order chi connectivity index (χ0) is 22.1. The fraction of sp³-hybridized carbons (Fsp3) is 0.300. The second-order valence-corrected chi connectivity index (χ2v) is 9.08. The van der Waals surface area contributed by atoms with Crippen molar-refractivity contribution in [1.82, 2.24) is 15.7 Å². The van der Waals surface area contributed by atoms with Crippen molar-refractivity contribution < 1.29 is 14.3 Å². The largest absolute Gasteiger partial charge is 0.466 e. The molecule has 0 saturated heterocycles. The number of halogens is 3. The Morgan fingerprint density at radius 1 is 1.13 bits per heavy atom. The number of carbonyl (C=O) groups is 2. The standard InChI is InChI=1S/C20H21Cl3N4O3/c1-13(2)11-17(28)26-19(20(21,22)23)30-16-5-3-14(4-6-16)12-25-27-18(29)15-7-9-24-10-8-15/h3-10,12-13,19H,11H2,1-2H3,(H,26,28)(H,27,29)/b25-12-/t19-/m0/s1. The van der Waals surface area contributed by atoms with Gasteiger partial charge in [-0.1, -0.05) is 48.7 Å². The molecule has 2 aromatic rings. The van der Waals surface area contributed by atoms with E-state index in [0.29, 0.717) is 16.9 Å². The van der Waals surface area contributed by atoms with Crippen molar-refractivity contribution in [2.75, 3.05) is 0 Å². The number of alkyl halides is 3. The van der Waals surface area contributed by atoms with E-state index in [1.165, 1.54) is 18.6 Å². The van der Waals surface area contributed by atoms with Gasteiger partial charge in [-0.15, -0.1) is 0 Å². The topological polar surface area (TPSA) is 92.7 Å². The molecule has 1 atom stereocenters. The predicted octanol–water partition coefficient (Wildman–Crippen LogP) is 4.08. The number of amides is 2. The average Bonchev–Trinajstić information content (AvgIpc) is 2.68. The Morgan fingerprint density at radius 2 is 1.77 bits per heavy atom. The summed E-state index contributed by atoms with van der Waals surface area (Å²) in [7, 11) is 0. The third-order valence-electron chi connectivity index (χ3n) is 3.64. The minimum Gasteiger partial charge on any atom is -0.466 e. The Hall–Kier alpha value is -2.35. The molecule has 0 aliphatic carbocycles. The highest BCUT2D eigenvalue weighted by atomic mass is 35.6. The lowest BCUT2D eigenvalue weighted by Gasteiger charge is -2.26. The Balaban J connectivity index is 1.96. The number of carbonyl (C=O) groups excluding carboxylic acids is 2. The van der Waals surface area contributed by atoms with E-state index < -0.39 is 10.0 Å². The van der Waals surface area contributed by atoms with E-state index in [9.17, 15) is 9.59 Å². The van der Waals surface area contributed by atoms with Gasteiger partial charge in [-0.2, -0.15) is 5.10 Å². The van der Waals surface area contributed by atoms with Gasteiger partial charge in [0, 0.05) is 24.4 Å². The highest BCUT2D eigenvalue weighted by molar-refractivity contribution is 6.68. The monoisotopic (exact) mass is 470 g/mol. The van der Waals surface area contributed by atoms with Crippen LogP contribution in [0.5, 0.6) is 5.75 Å². The van der Waals surface area contributed by atoms with E-state index >= 15 is 0 Å². The van der Waals surface area contributed by atoms with Crippen molar-refractivity contribution in [2.24, 2.45) is 11.0 Å². The molecule has 1 aromatic heterocycles. The van der Waals surface area contributed by atoms with Gasteiger partial charge in [0.1, 0.15) is 5.75 Å². The van der Waals surface area contributed by atoms with Gasteiger partial charge < -0.3 is 10.1 Å². The minimum absolute atomic E-state index is 0.152. The number of nitrogens with one attached hydrogen (secondary N) is 2. The van der Waals surface area contributed by atoms with E-state index in [1.807, 2.05) is 13.8 Å². The normalized spacial score (nSPS) is 12.6. The average molecular weight is 472 g/mol. The smallest absolute Gasteiger partial charge is 0.271 e. The number of pyridine rings is 1. The molecule has 0 saturated carbocycles. The summed E-state index contributed by atoms with van der Waals surface area (Å²) in [6.07, 6.45) is 3.63. The van der Waals surface area contributed by atoms with E-state index in [-0.39, 0.29) is 24.2 Å². The van der Waals surface area contributed by atoms with Crippen LogP contribution in [0.15, 0.2) is 53.9 Å². The van der Waals surface area contributed by atoms with Crippen LogP contribution in [0.2, 0.25) is 0 Å². The van der Waals surface area contributed by atoms with Gasteiger partial charge in [-0.3, -0.25) is 14.6 Å². The molecular weight excluding hydrogens is 451 g/mol. The summed E-state index contributed by atoms with van der Waals surface area (Å²) >= 11 is 17.8. The number of ether oxygens (including phenoxy) is 1. The van der Waals surface area contributed by atoms with E-state index in [1.54, 1.807) is 36.4 Å². The van der Waals surface area contributed by atoms with Gasteiger partial charge in [0.15, 0.2) is 0 Å². The number of rotatable bonds is 8. The Labute approximate surface area is 189 Å². The summed E-state index contributed by atoms with van der Waals surface area (Å²) in [6.45, 7) is 3.81. The Kier molecular flexibility index (Phi) is 8.89. The van der Waals surface area contributed by atoms with Gasteiger partial charge in [0.05, 0.1) is 6.21 Å². The number of aromatic nitrogens is 1. The van der Waals surface area contributed by atoms with Gasteiger partial charge in [-0.25, -0.2) is 5.43 Å². The fourth-order valence-electron chi connectivity index (χ4n) is 2.26. The van der Waals surface area contributed by atoms with Crippen molar-refractivity contribution >= 4 is 52.8 Å². The van der Waals surface area contributed by atoms with Crippen LogP contribution in [0.4, 0.5) is 0 Å².